The van der Waals surface area contributed by atoms with E-state index in [1.807, 2.05) is 32.0 Å². The van der Waals surface area contributed by atoms with Crippen LogP contribution >= 0.6 is 0 Å². The second kappa shape index (κ2) is 6.53. The van der Waals surface area contributed by atoms with Gasteiger partial charge in [0.25, 0.3) is 0 Å². The average Bonchev–Trinajstić information content (AvgIpc) is 3.31. The van der Waals surface area contributed by atoms with Gasteiger partial charge in [-0.15, -0.1) is 0 Å². The van der Waals surface area contributed by atoms with Gasteiger partial charge in [-0.3, -0.25) is 0 Å². The molecular formula is C23H18N2O4S. The van der Waals surface area contributed by atoms with E-state index in [4.69, 9.17) is 8.83 Å². The summed E-state index contributed by atoms with van der Waals surface area (Å²) in [7, 11) is -3.76. The molecule has 3 aromatic carbocycles. The Balaban J connectivity index is 1.58. The molecule has 6 nitrogen and oxygen atoms in total. The summed E-state index contributed by atoms with van der Waals surface area (Å²) in [6, 6.07) is 15.3. The molecule has 0 saturated heterocycles. The van der Waals surface area contributed by atoms with Gasteiger partial charge in [0.1, 0.15) is 11.0 Å². The monoisotopic (exact) mass is 418 g/mol. The number of hydrogen-bond acceptors (Lipinski definition) is 6. The highest BCUT2D eigenvalue weighted by Gasteiger charge is 2.21. The second-order valence-electron chi connectivity index (χ2n) is 7.31. The molecule has 2 heterocycles. The molecule has 30 heavy (non-hydrogen) atoms. The third kappa shape index (κ3) is 2.98. The van der Waals surface area contributed by atoms with Crippen LogP contribution < -0.4 is 0 Å². The summed E-state index contributed by atoms with van der Waals surface area (Å²) < 4.78 is 37.7. The summed E-state index contributed by atoms with van der Waals surface area (Å²) in [5, 5.41) is 0. The zero-order valence-corrected chi connectivity index (χ0v) is 17.4. The van der Waals surface area contributed by atoms with Gasteiger partial charge >= 0.3 is 0 Å². The van der Waals surface area contributed by atoms with Gasteiger partial charge in [-0.2, -0.15) is 0 Å². The van der Waals surface area contributed by atoms with Crippen LogP contribution in [0.15, 0.2) is 73.2 Å². The highest BCUT2D eigenvalue weighted by molar-refractivity contribution is 7.91. The molecule has 0 N–H and O–H groups in total. The van der Waals surface area contributed by atoms with Crippen molar-refractivity contribution in [3.63, 3.8) is 0 Å². The summed E-state index contributed by atoms with van der Waals surface area (Å²) in [5.41, 5.74) is 5.24. The van der Waals surface area contributed by atoms with E-state index in [2.05, 4.69) is 9.97 Å². The van der Waals surface area contributed by atoms with Crippen LogP contribution in [0.3, 0.4) is 0 Å². The predicted octanol–water partition coefficient (Wildman–Crippen LogP) is 5.39. The molecule has 0 bridgehead atoms. The maximum absolute atomic E-state index is 13.2. The molecule has 0 radical (unpaired) electrons. The van der Waals surface area contributed by atoms with Crippen LogP contribution in [0.4, 0.5) is 0 Å². The highest BCUT2D eigenvalue weighted by atomic mass is 32.2. The maximum atomic E-state index is 13.2. The molecule has 0 fully saturated rings. The van der Waals surface area contributed by atoms with Crippen LogP contribution in [0.5, 0.6) is 0 Å². The Morgan fingerprint density at radius 1 is 0.700 bits per heavy atom. The minimum Gasteiger partial charge on any atom is -0.441 e. The standard InChI is InChI=1S/C23H18N2O4S/c1-13-4-5-16(10-14(13)2)23-25-20-9-7-18(12-22(20)29-23)30(26,27)17-6-8-19-21(11-17)28-15(3)24-19/h4-12H,1-3H3. The van der Waals surface area contributed by atoms with Crippen molar-refractivity contribution >= 4 is 32.0 Å². The second-order valence-corrected chi connectivity index (χ2v) is 9.26. The van der Waals surface area contributed by atoms with E-state index >= 15 is 0 Å². The molecule has 0 aliphatic heterocycles. The Morgan fingerprint density at radius 3 is 2.00 bits per heavy atom. The number of nitrogens with zero attached hydrogens (tertiary/aromatic N) is 2. The van der Waals surface area contributed by atoms with Crippen molar-refractivity contribution in [2.45, 2.75) is 30.6 Å². The van der Waals surface area contributed by atoms with Crippen LogP contribution in [0.1, 0.15) is 17.0 Å². The van der Waals surface area contributed by atoms with Crippen molar-refractivity contribution in [3.05, 3.63) is 71.6 Å². The minimum atomic E-state index is -3.76. The van der Waals surface area contributed by atoms with E-state index in [0.29, 0.717) is 34.0 Å². The molecule has 5 aromatic rings. The normalized spacial score (nSPS) is 12.1. The van der Waals surface area contributed by atoms with Crippen LogP contribution in [-0.2, 0) is 9.84 Å². The highest BCUT2D eigenvalue weighted by Crippen LogP contribution is 2.30. The van der Waals surface area contributed by atoms with E-state index in [1.165, 1.54) is 23.8 Å². The lowest BCUT2D eigenvalue weighted by atomic mass is 10.1. The van der Waals surface area contributed by atoms with Crippen LogP contribution in [0.25, 0.3) is 33.7 Å². The molecular weight excluding hydrogens is 400 g/mol. The largest absolute Gasteiger partial charge is 0.441 e. The number of rotatable bonds is 3. The summed E-state index contributed by atoms with van der Waals surface area (Å²) in [6.45, 7) is 5.79. The van der Waals surface area contributed by atoms with E-state index < -0.39 is 9.84 Å². The first-order valence-electron chi connectivity index (χ1n) is 9.42. The van der Waals surface area contributed by atoms with E-state index in [-0.39, 0.29) is 9.79 Å². The van der Waals surface area contributed by atoms with Crippen LogP contribution in [0, 0.1) is 20.8 Å². The Morgan fingerprint density at radius 2 is 1.33 bits per heavy atom. The number of aryl methyl sites for hydroxylation is 3. The molecule has 0 aliphatic rings. The zero-order valence-electron chi connectivity index (χ0n) is 16.6. The first-order valence-corrected chi connectivity index (χ1v) is 10.9. The molecule has 0 aliphatic carbocycles. The van der Waals surface area contributed by atoms with E-state index in [1.54, 1.807) is 25.1 Å². The number of oxazole rings is 2. The fourth-order valence-electron chi connectivity index (χ4n) is 3.39. The first-order chi connectivity index (χ1) is 14.3. The molecule has 0 saturated carbocycles. The van der Waals surface area contributed by atoms with Crippen LogP contribution in [0.2, 0.25) is 0 Å². The summed E-state index contributed by atoms with van der Waals surface area (Å²) in [5.74, 6) is 0.947. The lowest BCUT2D eigenvalue weighted by Crippen LogP contribution is -2.01. The molecule has 0 amide bonds. The van der Waals surface area contributed by atoms with Gasteiger partial charge in [-0.05, 0) is 61.4 Å². The van der Waals surface area contributed by atoms with Gasteiger partial charge in [-0.1, -0.05) is 6.07 Å². The lowest BCUT2D eigenvalue weighted by Gasteiger charge is -2.04. The Kier molecular flexibility index (Phi) is 4.04. The Labute approximate surface area is 173 Å². The third-order valence-corrected chi connectivity index (χ3v) is 6.95. The number of hydrogen-bond donors (Lipinski definition) is 0. The summed E-state index contributed by atoms with van der Waals surface area (Å²) in [4.78, 5) is 8.99. The predicted molar refractivity (Wildman–Crippen MR) is 113 cm³/mol. The SMILES string of the molecule is Cc1nc2ccc(S(=O)(=O)c3ccc4nc(-c5ccc(C)c(C)c5)oc4c3)cc2o1. The van der Waals surface area contributed by atoms with Gasteiger partial charge in [-0.25, -0.2) is 18.4 Å². The van der Waals surface area contributed by atoms with Gasteiger partial charge in [0.2, 0.25) is 15.7 Å². The fourth-order valence-corrected chi connectivity index (χ4v) is 4.68. The van der Waals surface area contributed by atoms with Gasteiger partial charge in [0.05, 0.1) is 9.79 Å². The topological polar surface area (TPSA) is 86.2 Å². The Bertz CT molecular complexity index is 1540. The molecule has 0 atom stereocenters. The molecule has 5 rings (SSSR count). The van der Waals surface area contributed by atoms with Gasteiger partial charge < -0.3 is 8.83 Å². The Hall–Kier alpha value is -3.45. The van der Waals surface area contributed by atoms with Gasteiger partial charge in [0.15, 0.2) is 17.1 Å². The minimum absolute atomic E-state index is 0.133. The first kappa shape index (κ1) is 18.6. The number of aromatic nitrogens is 2. The number of fused-ring (bicyclic) bond motifs is 2. The van der Waals surface area contributed by atoms with E-state index in [9.17, 15) is 8.42 Å². The van der Waals surface area contributed by atoms with Crippen molar-refractivity contribution < 1.29 is 17.3 Å². The number of sulfone groups is 1. The van der Waals surface area contributed by atoms with Crippen molar-refractivity contribution in [1.29, 1.82) is 0 Å². The smallest absolute Gasteiger partial charge is 0.227 e. The van der Waals surface area contributed by atoms with Crippen molar-refractivity contribution in [2.75, 3.05) is 0 Å². The molecule has 0 spiro atoms. The van der Waals surface area contributed by atoms with Crippen molar-refractivity contribution in [2.24, 2.45) is 0 Å². The molecule has 2 aromatic heterocycles. The third-order valence-electron chi connectivity index (χ3n) is 5.20. The zero-order chi connectivity index (χ0) is 21.0. The molecule has 0 unspecified atom stereocenters. The van der Waals surface area contributed by atoms with Gasteiger partial charge in [0, 0.05) is 24.6 Å². The quantitative estimate of drug-likeness (QED) is 0.390. The van der Waals surface area contributed by atoms with E-state index in [0.717, 1.165) is 11.1 Å². The van der Waals surface area contributed by atoms with Crippen LogP contribution in [-0.4, -0.2) is 18.4 Å². The average molecular weight is 418 g/mol. The fraction of sp³-hybridized carbons (Fsp3) is 0.130. The summed E-state index contributed by atoms with van der Waals surface area (Å²) >= 11 is 0. The molecule has 7 heteroatoms. The molecule has 150 valence electrons. The lowest BCUT2D eigenvalue weighted by molar-refractivity contribution is 0.559. The maximum Gasteiger partial charge on any atom is 0.227 e. The summed E-state index contributed by atoms with van der Waals surface area (Å²) in [6.07, 6.45) is 0. The number of benzene rings is 3. The van der Waals surface area contributed by atoms with Crippen molar-refractivity contribution in [1.82, 2.24) is 9.97 Å². The van der Waals surface area contributed by atoms with Crippen molar-refractivity contribution in [3.8, 4) is 11.5 Å².